The largest absolute Gasteiger partial charge is 0.481 e. The monoisotopic (exact) mass is 258 g/mol. The molecule has 1 saturated carbocycles. The molecule has 3 atom stereocenters. The third-order valence-corrected chi connectivity index (χ3v) is 5.47. The molecule has 2 aliphatic rings. The lowest BCUT2D eigenvalue weighted by Crippen LogP contribution is -2.43. The predicted octanol–water partition coefficient (Wildman–Crippen LogP) is 3.68. The molecule has 102 valence electrons. The van der Waals surface area contributed by atoms with Gasteiger partial charge in [0.2, 0.25) is 0 Å². The Morgan fingerprint density at radius 2 is 2.00 bits per heavy atom. The van der Waals surface area contributed by atoms with Gasteiger partial charge in [-0.05, 0) is 62.0 Å². The van der Waals surface area contributed by atoms with Gasteiger partial charge in [0, 0.05) is 0 Å². The van der Waals surface area contributed by atoms with Gasteiger partial charge in [0.05, 0.1) is 5.41 Å². The molecule has 0 radical (unpaired) electrons. The molecule has 1 aromatic rings. The first-order valence-electron chi connectivity index (χ1n) is 7.41. The number of benzene rings is 1. The Morgan fingerprint density at radius 1 is 1.26 bits per heavy atom. The maximum Gasteiger partial charge on any atom is 0.309 e. The molecule has 0 heterocycles. The summed E-state index contributed by atoms with van der Waals surface area (Å²) < 4.78 is 0. The first kappa shape index (κ1) is 12.7. The molecule has 1 aromatic carbocycles. The zero-order valence-electron chi connectivity index (χ0n) is 11.6. The van der Waals surface area contributed by atoms with E-state index in [-0.39, 0.29) is 0 Å². The van der Waals surface area contributed by atoms with Crippen molar-refractivity contribution >= 4 is 5.97 Å². The number of carboxylic acids is 1. The maximum absolute atomic E-state index is 11.7. The standard InChI is InChI=1S/C17H22O2/c1-17(16(18)19)10-4-7-14-11-13-6-3-2-5-12(13)8-9-15(14)17/h2-3,5-6,14-15H,4,7-11H2,1H3,(H,18,19)/t14-,15-,17-/m1/s1. The Hall–Kier alpha value is -1.31. The second-order valence-electron chi connectivity index (χ2n) is 6.49. The van der Waals surface area contributed by atoms with E-state index in [9.17, 15) is 9.90 Å². The van der Waals surface area contributed by atoms with Gasteiger partial charge in [0.15, 0.2) is 0 Å². The van der Waals surface area contributed by atoms with Gasteiger partial charge in [0.1, 0.15) is 0 Å². The summed E-state index contributed by atoms with van der Waals surface area (Å²) in [6.45, 7) is 1.97. The van der Waals surface area contributed by atoms with E-state index in [1.54, 1.807) is 0 Å². The van der Waals surface area contributed by atoms with Crippen LogP contribution in [0, 0.1) is 17.3 Å². The molecule has 1 N–H and O–H groups in total. The fraction of sp³-hybridized carbons (Fsp3) is 0.588. The highest BCUT2D eigenvalue weighted by atomic mass is 16.4. The summed E-state index contributed by atoms with van der Waals surface area (Å²) in [4.78, 5) is 11.7. The Labute approximate surface area is 114 Å². The van der Waals surface area contributed by atoms with E-state index in [1.807, 2.05) is 6.92 Å². The first-order valence-corrected chi connectivity index (χ1v) is 7.41. The molecule has 2 aliphatic carbocycles. The summed E-state index contributed by atoms with van der Waals surface area (Å²) in [5, 5.41) is 9.65. The smallest absolute Gasteiger partial charge is 0.309 e. The zero-order chi connectivity index (χ0) is 13.5. The van der Waals surface area contributed by atoms with Crippen molar-refractivity contribution < 1.29 is 9.90 Å². The van der Waals surface area contributed by atoms with Crippen LogP contribution in [0.15, 0.2) is 24.3 Å². The predicted molar refractivity (Wildman–Crippen MR) is 75.0 cm³/mol. The van der Waals surface area contributed by atoms with Crippen molar-refractivity contribution in [1.29, 1.82) is 0 Å². The van der Waals surface area contributed by atoms with Crippen molar-refractivity contribution in [3.8, 4) is 0 Å². The molecule has 19 heavy (non-hydrogen) atoms. The Balaban J connectivity index is 1.94. The van der Waals surface area contributed by atoms with Gasteiger partial charge in [-0.15, -0.1) is 0 Å². The summed E-state index contributed by atoms with van der Waals surface area (Å²) >= 11 is 0. The third kappa shape index (κ3) is 2.07. The number of hydrogen-bond acceptors (Lipinski definition) is 1. The normalized spacial score (nSPS) is 33.9. The lowest BCUT2D eigenvalue weighted by Gasteiger charge is -2.43. The third-order valence-electron chi connectivity index (χ3n) is 5.47. The van der Waals surface area contributed by atoms with Crippen molar-refractivity contribution in [2.24, 2.45) is 17.3 Å². The van der Waals surface area contributed by atoms with Gasteiger partial charge in [-0.25, -0.2) is 0 Å². The molecule has 0 saturated heterocycles. The molecule has 0 aliphatic heterocycles. The SMILES string of the molecule is C[C@@]1(C(=O)O)CCC[C@@H]2Cc3ccccc3CC[C@H]21. The van der Waals surface area contributed by atoms with E-state index in [4.69, 9.17) is 0 Å². The van der Waals surface area contributed by atoms with Crippen LogP contribution in [0.5, 0.6) is 0 Å². The van der Waals surface area contributed by atoms with Crippen molar-refractivity contribution in [3.05, 3.63) is 35.4 Å². The summed E-state index contributed by atoms with van der Waals surface area (Å²) in [5.41, 5.74) is 2.37. The van der Waals surface area contributed by atoms with Crippen LogP contribution in [0.2, 0.25) is 0 Å². The fourth-order valence-electron chi connectivity index (χ4n) is 4.30. The number of hydrogen-bond donors (Lipinski definition) is 1. The minimum Gasteiger partial charge on any atom is -0.481 e. The highest BCUT2D eigenvalue weighted by Crippen LogP contribution is 2.49. The average Bonchev–Trinajstić information content (AvgIpc) is 2.58. The van der Waals surface area contributed by atoms with Gasteiger partial charge in [-0.1, -0.05) is 30.7 Å². The number of aryl methyl sites for hydroxylation is 1. The zero-order valence-corrected chi connectivity index (χ0v) is 11.6. The fourth-order valence-corrected chi connectivity index (χ4v) is 4.30. The number of aliphatic carboxylic acids is 1. The minimum atomic E-state index is -0.590. The van der Waals surface area contributed by atoms with Gasteiger partial charge in [-0.3, -0.25) is 4.79 Å². The van der Waals surface area contributed by atoms with Crippen molar-refractivity contribution in [2.45, 2.75) is 45.4 Å². The van der Waals surface area contributed by atoms with Crippen LogP contribution < -0.4 is 0 Å². The van der Waals surface area contributed by atoms with E-state index in [0.717, 1.165) is 32.1 Å². The topological polar surface area (TPSA) is 37.3 Å². The number of rotatable bonds is 1. The van der Waals surface area contributed by atoms with Gasteiger partial charge >= 0.3 is 5.97 Å². The van der Waals surface area contributed by atoms with E-state index in [1.165, 1.54) is 17.5 Å². The van der Waals surface area contributed by atoms with Gasteiger partial charge < -0.3 is 5.11 Å². The lowest BCUT2D eigenvalue weighted by atomic mass is 9.61. The molecule has 2 heteroatoms. The molecule has 0 bridgehead atoms. The Morgan fingerprint density at radius 3 is 2.74 bits per heavy atom. The second-order valence-corrected chi connectivity index (χ2v) is 6.49. The average molecular weight is 258 g/mol. The van der Waals surface area contributed by atoms with Crippen molar-refractivity contribution in [2.75, 3.05) is 0 Å². The molecule has 0 aromatic heterocycles. The van der Waals surface area contributed by atoms with Crippen LogP contribution in [-0.4, -0.2) is 11.1 Å². The van der Waals surface area contributed by atoms with Crippen LogP contribution in [0.25, 0.3) is 0 Å². The first-order chi connectivity index (χ1) is 9.11. The van der Waals surface area contributed by atoms with Gasteiger partial charge in [-0.2, -0.15) is 0 Å². The molecule has 0 amide bonds. The van der Waals surface area contributed by atoms with Gasteiger partial charge in [0.25, 0.3) is 0 Å². The van der Waals surface area contributed by atoms with E-state index in [0.29, 0.717) is 11.8 Å². The molecule has 2 nitrogen and oxygen atoms in total. The Bertz CT molecular complexity index is 494. The summed E-state index contributed by atoms with van der Waals surface area (Å²) in [6.07, 6.45) is 6.25. The quantitative estimate of drug-likeness (QED) is 0.834. The number of carboxylic acid groups (broad SMARTS) is 1. The number of fused-ring (bicyclic) bond motifs is 2. The van der Waals surface area contributed by atoms with Crippen LogP contribution in [0.1, 0.15) is 43.7 Å². The number of carbonyl (C=O) groups is 1. The molecular formula is C17H22O2. The summed E-state index contributed by atoms with van der Waals surface area (Å²) in [5.74, 6) is 0.304. The van der Waals surface area contributed by atoms with Crippen molar-refractivity contribution in [1.82, 2.24) is 0 Å². The molecular weight excluding hydrogens is 236 g/mol. The van der Waals surface area contributed by atoms with Crippen LogP contribution >= 0.6 is 0 Å². The Kier molecular flexibility index (Phi) is 3.12. The minimum absolute atomic E-state index is 0.339. The molecule has 3 rings (SSSR count). The van der Waals surface area contributed by atoms with Crippen LogP contribution in [-0.2, 0) is 17.6 Å². The maximum atomic E-state index is 11.7. The summed E-state index contributed by atoms with van der Waals surface area (Å²) in [7, 11) is 0. The molecule has 0 spiro atoms. The van der Waals surface area contributed by atoms with Crippen LogP contribution in [0.3, 0.4) is 0 Å². The highest BCUT2D eigenvalue weighted by molar-refractivity contribution is 5.74. The van der Waals surface area contributed by atoms with E-state index >= 15 is 0 Å². The van der Waals surface area contributed by atoms with Crippen LogP contribution in [0.4, 0.5) is 0 Å². The van der Waals surface area contributed by atoms with E-state index in [2.05, 4.69) is 24.3 Å². The summed E-state index contributed by atoms with van der Waals surface area (Å²) in [6, 6.07) is 8.65. The second kappa shape index (κ2) is 4.66. The van der Waals surface area contributed by atoms with E-state index < -0.39 is 11.4 Å². The molecule has 1 fully saturated rings. The molecule has 0 unspecified atom stereocenters. The van der Waals surface area contributed by atoms with Crippen molar-refractivity contribution in [3.63, 3.8) is 0 Å². The highest BCUT2D eigenvalue weighted by Gasteiger charge is 2.47. The lowest BCUT2D eigenvalue weighted by molar-refractivity contribution is -0.156.